The summed E-state index contributed by atoms with van der Waals surface area (Å²) in [6.45, 7) is 1.52. The molecule has 0 radical (unpaired) electrons. The first-order valence-corrected chi connectivity index (χ1v) is 10.7. The van der Waals surface area contributed by atoms with Crippen LogP contribution in [0, 0.1) is 12.7 Å². The summed E-state index contributed by atoms with van der Waals surface area (Å²) in [5, 5.41) is 20.4. The van der Waals surface area contributed by atoms with E-state index < -0.39 is 35.4 Å². The summed E-state index contributed by atoms with van der Waals surface area (Å²) < 4.78 is 61.6. The number of aromatic carboxylic acids is 1. The fourth-order valence-corrected chi connectivity index (χ4v) is 4.31. The number of benzene rings is 2. The molecule has 4 rings (SSSR count). The number of pyridine rings is 1. The lowest BCUT2D eigenvalue weighted by atomic mass is 9.82. The first-order chi connectivity index (χ1) is 16.4. The van der Waals surface area contributed by atoms with Gasteiger partial charge in [0.15, 0.2) is 11.3 Å². The van der Waals surface area contributed by atoms with Gasteiger partial charge < -0.3 is 14.9 Å². The summed E-state index contributed by atoms with van der Waals surface area (Å²) >= 11 is 0. The van der Waals surface area contributed by atoms with Gasteiger partial charge in [0.05, 0.1) is 18.3 Å². The molecule has 0 aliphatic heterocycles. The highest BCUT2D eigenvalue weighted by Crippen LogP contribution is 2.57. The molecule has 35 heavy (non-hydrogen) atoms. The Kier molecular flexibility index (Phi) is 6.04. The third-order valence-corrected chi connectivity index (χ3v) is 6.33. The largest absolute Gasteiger partial charge is 0.496 e. The molecule has 184 valence electrons. The topological polar surface area (TPSA) is 92.0 Å². The van der Waals surface area contributed by atoms with Gasteiger partial charge in [-0.3, -0.25) is 4.99 Å². The van der Waals surface area contributed by atoms with Crippen LogP contribution in [0.5, 0.6) is 5.75 Å². The molecule has 1 heterocycles. The van der Waals surface area contributed by atoms with Crippen LogP contribution >= 0.6 is 0 Å². The van der Waals surface area contributed by atoms with Crippen molar-refractivity contribution in [2.24, 2.45) is 4.99 Å². The van der Waals surface area contributed by atoms with Gasteiger partial charge in [0, 0.05) is 29.0 Å². The van der Waals surface area contributed by atoms with Crippen LogP contribution in [0.4, 0.5) is 23.2 Å². The van der Waals surface area contributed by atoms with E-state index in [0.29, 0.717) is 30.0 Å². The number of hydrogen-bond donors (Lipinski definition) is 2. The number of aliphatic imine (C=N–C) groups is 1. The zero-order valence-corrected chi connectivity index (χ0v) is 18.9. The lowest BCUT2D eigenvalue weighted by molar-refractivity contribution is -0.233. The predicted octanol–water partition coefficient (Wildman–Crippen LogP) is 5.51. The molecule has 2 aromatic carbocycles. The summed E-state index contributed by atoms with van der Waals surface area (Å²) in [4.78, 5) is 19.4. The highest BCUT2D eigenvalue weighted by Gasteiger charge is 2.60. The van der Waals surface area contributed by atoms with Crippen LogP contribution < -0.4 is 4.74 Å². The van der Waals surface area contributed by atoms with Crippen molar-refractivity contribution in [1.29, 1.82) is 0 Å². The summed E-state index contributed by atoms with van der Waals surface area (Å²) in [6, 6.07) is 9.56. The molecule has 0 spiro atoms. The molecule has 0 saturated heterocycles. The molecule has 10 heteroatoms. The van der Waals surface area contributed by atoms with Crippen molar-refractivity contribution in [1.82, 2.24) is 4.98 Å². The summed E-state index contributed by atoms with van der Waals surface area (Å²) in [7, 11) is 1.34. The number of aromatic nitrogens is 1. The molecule has 1 unspecified atom stereocenters. The monoisotopic (exact) mass is 490 g/mol. The van der Waals surface area contributed by atoms with E-state index in [1.807, 2.05) is 0 Å². The molecular formula is C25H22F4N2O4. The maximum absolute atomic E-state index is 14.1. The van der Waals surface area contributed by atoms with E-state index in [0.717, 1.165) is 12.1 Å². The van der Waals surface area contributed by atoms with Crippen LogP contribution in [-0.4, -0.2) is 46.3 Å². The van der Waals surface area contributed by atoms with Crippen molar-refractivity contribution in [2.75, 3.05) is 7.11 Å². The lowest BCUT2D eigenvalue weighted by Gasteiger charge is -2.31. The zero-order chi connectivity index (χ0) is 25.6. The van der Waals surface area contributed by atoms with Crippen molar-refractivity contribution >= 4 is 28.8 Å². The number of fused-ring (bicyclic) bond motifs is 1. The fourth-order valence-electron chi connectivity index (χ4n) is 4.31. The van der Waals surface area contributed by atoms with Gasteiger partial charge >= 0.3 is 12.1 Å². The lowest BCUT2D eigenvalue weighted by Crippen LogP contribution is -2.49. The van der Waals surface area contributed by atoms with Crippen LogP contribution in [0.2, 0.25) is 0 Å². The van der Waals surface area contributed by atoms with Crippen LogP contribution in [0.25, 0.3) is 10.9 Å². The molecule has 3 aromatic rings. The second-order valence-corrected chi connectivity index (χ2v) is 8.78. The van der Waals surface area contributed by atoms with E-state index in [1.165, 1.54) is 44.4 Å². The van der Waals surface area contributed by atoms with Crippen LogP contribution in [0.3, 0.4) is 0 Å². The van der Waals surface area contributed by atoms with Gasteiger partial charge in [-0.1, -0.05) is 6.07 Å². The zero-order valence-electron chi connectivity index (χ0n) is 18.9. The summed E-state index contributed by atoms with van der Waals surface area (Å²) in [6.07, 6.45) is -4.75. The van der Waals surface area contributed by atoms with Gasteiger partial charge in [-0.15, -0.1) is 0 Å². The number of carboxylic acids is 1. The van der Waals surface area contributed by atoms with Crippen LogP contribution in [0.1, 0.15) is 40.9 Å². The number of rotatable bonds is 7. The number of carboxylic acid groups (broad SMARTS) is 1. The van der Waals surface area contributed by atoms with Gasteiger partial charge in [0.1, 0.15) is 11.6 Å². The van der Waals surface area contributed by atoms with E-state index in [9.17, 15) is 32.6 Å². The van der Waals surface area contributed by atoms with Gasteiger partial charge in [-0.2, -0.15) is 13.2 Å². The molecule has 6 nitrogen and oxygen atoms in total. The van der Waals surface area contributed by atoms with E-state index in [1.54, 1.807) is 0 Å². The molecule has 1 aliphatic rings. The Hall–Kier alpha value is -3.53. The second-order valence-electron chi connectivity index (χ2n) is 8.78. The number of hydrogen-bond acceptors (Lipinski definition) is 5. The number of alkyl halides is 3. The number of nitrogens with zero attached hydrogens (tertiary/aromatic N) is 2. The normalized spacial score (nSPS) is 16.9. The molecule has 1 fully saturated rings. The molecule has 1 atom stereocenters. The molecular weight excluding hydrogens is 468 g/mol. The third kappa shape index (κ3) is 4.58. The van der Waals surface area contributed by atoms with Gasteiger partial charge in [0.2, 0.25) is 0 Å². The van der Waals surface area contributed by atoms with Crippen LogP contribution in [0.15, 0.2) is 47.5 Å². The SMILES string of the molecule is COc1ccc(F)cc1C1(CC(O)(C=Nc2cccc3nc(C(=O)O)c(C)cc23)C(F)(F)F)CC1. The third-order valence-electron chi connectivity index (χ3n) is 6.33. The molecule has 0 bridgehead atoms. The Labute approximate surface area is 197 Å². The van der Waals surface area contributed by atoms with Gasteiger partial charge in [-0.25, -0.2) is 14.2 Å². The first kappa shape index (κ1) is 24.6. The average molecular weight is 490 g/mol. The van der Waals surface area contributed by atoms with Crippen molar-refractivity contribution in [2.45, 2.75) is 43.4 Å². The summed E-state index contributed by atoms with van der Waals surface area (Å²) in [5.41, 5.74) is -3.71. The van der Waals surface area contributed by atoms with Gasteiger partial charge in [0.25, 0.3) is 0 Å². The standard InChI is InChI=1S/C25H22F4N2O4/c1-14-10-16-18(4-3-5-19(16)31-21(14)22(32)33)30-13-24(34,25(27,28)29)12-23(8-9-23)17-11-15(26)6-7-20(17)35-2/h3-7,10-11,13,34H,8-9,12H2,1-2H3,(H,32,33). The Morgan fingerprint density at radius 1 is 1.23 bits per heavy atom. The highest BCUT2D eigenvalue weighted by atomic mass is 19.4. The average Bonchev–Trinajstić information content (AvgIpc) is 3.56. The van der Waals surface area contributed by atoms with E-state index in [4.69, 9.17) is 4.74 Å². The minimum Gasteiger partial charge on any atom is -0.496 e. The van der Waals surface area contributed by atoms with Crippen molar-refractivity contribution in [3.05, 3.63) is 65.1 Å². The number of ether oxygens (including phenoxy) is 1. The minimum atomic E-state index is -5.07. The summed E-state index contributed by atoms with van der Waals surface area (Å²) in [5.74, 6) is -1.60. The molecule has 1 aliphatic carbocycles. The smallest absolute Gasteiger partial charge is 0.422 e. The second kappa shape index (κ2) is 8.60. The van der Waals surface area contributed by atoms with Crippen molar-refractivity contribution < 1.29 is 37.3 Å². The Bertz CT molecular complexity index is 1340. The molecule has 1 saturated carbocycles. The van der Waals surface area contributed by atoms with Crippen molar-refractivity contribution in [3.63, 3.8) is 0 Å². The Morgan fingerprint density at radius 2 is 1.94 bits per heavy atom. The number of aryl methyl sites for hydroxylation is 1. The van der Waals surface area contributed by atoms with E-state index in [-0.39, 0.29) is 28.2 Å². The quantitative estimate of drug-likeness (QED) is 0.337. The number of carbonyl (C=O) groups is 1. The highest BCUT2D eigenvalue weighted by molar-refractivity contribution is 5.96. The van der Waals surface area contributed by atoms with E-state index in [2.05, 4.69) is 9.98 Å². The van der Waals surface area contributed by atoms with E-state index >= 15 is 0 Å². The number of methoxy groups -OCH3 is 1. The molecule has 0 amide bonds. The van der Waals surface area contributed by atoms with Crippen LogP contribution in [-0.2, 0) is 5.41 Å². The van der Waals surface area contributed by atoms with Crippen molar-refractivity contribution in [3.8, 4) is 5.75 Å². The predicted molar refractivity (Wildman–Crippen MR) is 121 cm³/mol. The maximum atomic E-state index is 14.1. The minimum absolute atomic E-state index is 0.0888. The molecule has 2 N–H and O–H groups in total. The van der Waals surface area contributed by atoms with Gasteiger partial charge in [-0.05, 0) is 61.7 Å². The molecule has 1 aromatic heterocycles. The number of aliphatic hydroxyl groups is 1. The first-order valence-electron chi connectivity index (χ1n) is 10.7. The Balaban J connectivity index is 1.75. The number of halogens is 4. The Morgan fingerprint density at radius 3 is 2.54 bits per heavy atom. The maximum Gasteiger partial charge on any atom is 0.422 e. The fraction of sp³-hybridized carbons (Fsp3) is 0.320.